The van der Waals surface area contributed by atoms with Crippen LogP contribution in [0.15, 0.2) is 0 Å². The molecule has 4 aliphatic rings. The second-order valence-electron chi connectivity index (χ2n) is 10.0. The van der Waals surface area contributed by atoms with Crippen LogP contribution in [0.5, 0.6) is 0 Å². The molecule has 1 spiro atoms. The van der Waals surface area contributed by atoms with E-state index in [4.69, 9.17) is 14.6 Å². The summed E-state index contributed by atoms with van der Waals surface area (Å²) in [6, 6.07) is -0.771. The summed E-state index contributed by atoms with van der Waals surface area (Å²) in [4.78, 5) is 44.3. The fourth-order valence-electron chi connectivity index (χ4n) is 6.17. The van der Waals surface area contributed by atoms with E-state index in [-0.39, 0.29) is 29.2 Å². The molecule has 11 heteroatoms. The lowest BCUT2D eigenvalue weighted by Gasteiger charge is -2.34. The van der Waals surface area contributed by atoms with Gasteiger partial charge in [-0.3, -0.25) is 19.3 Å². The van der Waals surface area contributed by atoms with Gasteiger partial charge in [0.2, 0.25) is 17.7 Å². The lowest BCUT2D eigenvalue weighted by atomic mass is 9.70. The molecule has 4 heterocycles. The van der Waals surface area contributed by atoms with Crippen molar-refractivity contribution in [2.24, 2.45) is 11.8 Å². The van der Waals surface area contributed by atoms with Crippen LogP contribution in [0.25, 0.3) is 0 Å². The first-order valence-corrected chi connectivity index (χ1v) is 13.9. The van der Waals surface area contributed by atoms with E-state index in [9.17, 15) is 14.4 Å². The van der Waals surface area contributed by atoms with Crippen molar-refractivity contribution in [3.05, 3.63) is 0 Å². The highest BCUT2D eigenvalue weighted by Gasteiger charge is 2.76. The van der Waals surface area contributed by atoms with Crippen molar-refractivity contribution in [2.75, 3.05) is 59.1 Å². The number of aliphatic hydroxyl groups excluding tert-OH is 1. The van der Waals surface area contributed by atoms with Crippen LogP contribution in [-0.4, -0.2) is 114 Å². The molecule has 0 saturated carbocycles. The third-order valence-corrected chi connectivity index (χ3v) is 8.62. The molecule has 4 rings (SSSR count). The fraction of sp³-hybridized carbons (Fsp3) is 0.875. The van der Waals surface area contributed by atoms with E-state index in [1.807, 2.05) is 6.92 Å². The highest BCUT2D eigenvalue weighted by Crippen LogP contribution is 2.59. The third-order valence-electron chi connectivity index (χ3n) is 7.78. The Hall–Kier alpha value is -1.27. The number of hydrogen-bond donors (Lipinski definition) is 3. The van der Waals surface area contributed by atoms with Crippen LogP contribution < -0.4 is 10.6 Å². The van der Waals surface area contributed by atoms with Crippen LogP contribution in [0, 0.1) is 11.8 Å². The first-order chi connectivity index (χ1) is 16.9. The maximum atomic E-state index is 13.8. The highest BCUT2D eigenvalue weighted by atomic mass is 79.9. The Balaban J connectivity index is 1.52. The number of alkyl halides is 1. The molecule has 4 aliphatic heterocycles. The zero-order valence-electron chi connectivity index (χ0n) is 20.5. The summed E-state index contributed by atoms with van der Waals surface area (Å²) in [5, 5.41) is 15.1. The summed E-state index contributed by atoms with van der Waals surface area (Å²) in [6.07, 6.45) is 2.98. The molecule has 0 aromatic carbocycles. The molecule has 4 fully saturated rings. The third kappa shape index (κ3) is 5.25. The second kappa shape index (κ2) is 11.9. The predicted octanol–water partition coefficient (Wildman–Crippen LogP) is -0.128. The molecule has 0 aromatic rings. The molecule has 10 nitrogen and oxygen atoms in total. The number of carbonyl (C=O) groups is 3. The largest absolute Gasteiger partial charge is 0.396 e. The van der Waals surface area contributed by atoms with E-state index in [1.54, 1.807) is 4.90 Å². The zero-order valence-corrected chi connectivity index (χ0v) is 22.1. The van der Waals surface area contributed by atoms with Crippen LogP contribution in [-0.2, 0) is 23.9 Å². The van der Waals surface area contributed by atoms with E-state index in [0.717, 1.165) is 32.5 Å². The predicted molar refractivity (Wildman–Crippen MR) is 132 cm³/mol. The van der Waals surface area contributed by atoms with Gasteiger partial charge in [-0.25, -0.2) is 0 Å². The minimum atomic E-state index is -1.01. The number of morpholine rings is 1. The molecule has 0 aromatic heterocycles. The monoisotopic (exact) mass is 558 g/mol. The molecule has 6 atom stereocenters. The maximum Gasteiger partial charge on any atom is 0.245 e. The van der Waals surface area contributed by atoms with Crippen molar-refractivity contribution in [3.63, 3.8) is 0 Å². The Labute approximate surface area is 215 Å². The van der Waals surface area contributed by atoms with Crippen LogP contribution >= 0.6 is 15.9 Å². The van der Waals surface area contributed by atoms with Crippen molar-refractivity contribution < 1.29 is 29.0 Å². The minimum Gasteiger partial charge on any atom is -0.396 e. The summed E-state index contributed by atoms with van der Waals surface area (Å²) in [5.41, 5.74) is -1.01. The van der Waals surface area contributed by atoms with Crippen molar-refractivity contribution in [1.29, 1.82) is 0 Å². The summed E-state index contributed by atoms with van der Waals surface area (Å²) >= 11 is 3.69. The van der Waals surface area contributed by atoms with Gasteiger partial charge < -0.3 is 30.1 Å². The molecule has 3 N–H and O–H groups in total. The Kier molecular flexibility index (Phi) is 9.07. The number of unbranched alkanes of at least 4 members (excludes halogenated alkanes) is 2. The lowest BCUT2D eigenvalue weighted by Crippen LogP contribution is -2.56. The standard InChI is InChI=1S/C24H39BrN4O6/c1-2-6-26-21(31)17-18-23(33)29(8-4-3-5-12-30)20(24(18)15-16(25)19(17)35-24)22(32)27-7-9-28-10-13-34-14-11-28/h16-20,30H,2-15H2,1H3,(H,26,31)(H,27,32)/t16?,17-,18-,19-,20?,24?/m0/s1. The van der Waals surface area contributed by atoms with Crippen molar-refractivity contribution in [2.45, 2.75) is 61.6 Å². The molecule has 3 amide bonds. The molecular weight excluding hydrogens is 520 g/mol. The van der Waals surface area contributed by atoms with Crippen molar-refractivity contribution in [1.82, 2.24) is 20.4 Å². The van der Waals surface area contributed by atoms with Gasteiger partial charge in [0, 0.05) is 50.7 Å². The first-order valence-electron chi connectivity index (χ1n) is 13.0. The van der Waals surface area contributed by atoms with E-state index in [0.29, 0.717) is 52.1 Å². The van der Waals surface area contributed by atoms with Crippen LogP contribution in [0.2, 0.25) is 0 Å². The quantitative estimate of drug-likeness (QED) is 0.225. The number of fused-ring (bicyclic) bond motifs is 1. The van der Waals surface area contributed by atoms with E-state index < -0.39 is 29.6 Å². The number of nitrogens with zero attached hydrogens (tertiary/aromatic N) is 2. The summed E-state index contributed by atoms with van der Waals surface area (Å²) < 4.78 is 11.9. The van der Waals surface area contributed by atoms with Gasteiger partial charge in [0.1, 0.15) is 11.6 Å². The van der Waals surface area contributed by atoms with Gasteiger partial charge >= 0.3 is 0 Å². The molecule has 198 valence electrons. The average molecular weight is 560 g/mol. The Morgan fingerprint density at radius 1 is 1.11 bits per heavy atom. The second-order valence-corrected chi connectivity index (χ2v) is 11.2. The topological polar surface area (TPSA) is 120 Å². The van der Waals surface area contributed by atoms with E-state index in [2.05, 4.69) is 31.5 Å². The van der Waals surface area contributed by atoms with E-state index >= 15 is 0 Å². The molecule has 35 heavy (non-hydrogen) atoms. The SMILES string of the molecule is CCCNC(=O)[C@H]1[C@H]2C(=O)N(CCCCCO)C(C(=O)NCCN3CCOCC3)C23CC(Br)[C@@H]1O3. The van der Waals surface area contributed by atoms with Gasteiger partial charge in [-0.05, 0) is 32.1 Å². The smallest absolute Gasteiger partial charge is 0.245 e. The summed E-state index contributed by atoms with van der Waals surface area (Å²) in [5.74, 6) is -1.83. The highest BCUT2D eigenvalue weighted by molar-refractivity contribution is 9.09. The van der Waals surface area contributed by atoms with E-state index in [1.165, 1.54) is 0 Å². The zero-order chi connectivity index (χ0) is 25.0. The molecule has 0 radical (unpaired) electrons. The lowest BCUT2D eigenvalue weighted by molar-refractivity contribution is -0.142. The Morgan fingerprint density at radius 2 is 1.86 bits per heavy atom. The van der Waals surface area contributed by atoms with Crippen molar-refractivity contribution >= 4 is 33.7 Å². The number of halogens is 1. The fourth-order valence-corrected chi connectivity index (χ4v) is 7.11. The summed E-state index contributed by atoms with van der Waals surface area (Å²) in [7, 11) is 0. The molecule has 4 saturated heterocycles. The van der Waals surface area contributed by atoms with Gasteiger partial charge in [-0.2, -0.15) is 0 Å². The van der Waals surface area contributed by atoms with Crippen molar-refractivity contribution in [3.8, 4) is 0 Å². The van der Waals surface area contributed by atoms with Gasteiger partial charge in [0.05, 0.1) is 31.2 Å². The summed E-state index contributed by atoms with van der Waals surface area (Å²) in [6.45, 7) is 7.29. The van der Waals surface area contributed by atoms with Gasteiger partial charge in [-0.1, -0.05) is 22.9 Å². The molecular formula is C24H39BrN4O6. The number of carbonyl (C=O) groups excluding carboxylic acids is 3. The minimum absolute atomic E-state index is 0.0954. The number of nitrogens with one attached hydrogen (secondary N) is 2. The van der Waals surface area contributed by atoms with Crippen LogP contribution in [0.1, 0.15) is 39.0 Å². The maximum absolute atomic E-state index is 13.8. The van der Waals surface area contributed by atoms with Gasteiger partial charge in [0.15, 0.2) is 0 Å². The van der Waals surface area contributed by atoms with Crippen LogP contribution in [0.3, 0.4) is 0 Å². The normalized spacial score (nSPS) is 34.3. The number of ether oxygens (including phenoxy) is 2. The van der Waals surface area contributed by atoms with Gasteiger partial charge in [0.25, 0.3) is 0 Å². The van der Waals surface area contributed by atoms with Crippen LogP contribution in [0.4, 0.5) is 0 Å². The number of aliphatic hydroxyl groups is 1. The molecule has 3 unspecified atom stereocenters. The molecule has 2 bridgehead atoms. The Morgan fingerprint density at radius 3 is 2.57 bits per heavy atom. The van der Waals surface area contributed by atoms with Gasteiger partial charge in [-0.15, -0.1) is 0 Å². The molecule has 0 aliphatic carbocycles. The first kappa shape index (κ1) is 26.8. The Bertz CT molecular complexity index is 781. The average Bonchev–Trinajstić information content (AvgIpc) is 3.44. The number of likely N-dealkylation sites (tertiary alicyclic amines) is 1. The number of hydrogen-bond acceptors (Lipinski definition) is 7. The number of amides is 3. The number of rotatable bonds is 12.